The van der Waals surface area contributed by atoms with Crippen LogP contribution in [0.5, 0.6) is 0 Å². The van der Waals surface area contributed by atoms with Crippen LogP contribution >= 0.6 is 0 Å². The van der Waals surface area contributed by atoms with Crippen molar-refractivity contribution >= 4 is 5.91 Å². The summed E-state index contributed by atoms with van der Waals surface area (Å²) in [6.07, 6.45) is 9.31. The van der Waals surface area contributed by atoms with Gasteiger partial charge in [0.15, 0.2) is 0 Å². The minimum absolute atomic E-state index is 0.240. The molecule has 0 N–H and O–H groups in total. The van der Waals surface area contributed by atoms with Gasteiger partial charge in [0.2, 0.25) is 5.91 Å². The van der Waals surface area contributed by atoms with Crippen molar-refractivity contribution in [3.63, 3.8) is 0 Å². The second-order valence-electron chi connectivity index (χ2n) is 5.69. The zero-order valence-corrected chi connectivity index (χ0v) is 11.3. The average molecular weight is 238 g/mol. The van der Waals surface area contributed by atoms with Crippen molar-refractivity contribution in [1.82, 2.24) is 9.80 Å². The predicted octanol–water partition coefficient (Wildman–Crippen LogP) is 2.26. The number of hydrogen-bond donors (Lipinski definition) is 0. The molecule has 17 heavy (non-hydrogen) atoms. The van der Waals surface area contributed by atoms with Crippen LogP contribution in [-0.2, 0) is 4.79 Å². The summed E-state index contributed by atoms with van der Waals surface area (Å²) in [6.45, 7) is 3.60. The second-order valence-corrected chi connectivity index (χ2v) is 5.69. The van der Waals surface area contributed by atoms with Crippen LogP contribution in [0.15, 0.2) is 0 Å². The lowest BCUT2D eigenvalue weighted by Gasteiger charge is -2.41. The fraction of sp³-hybridized carbons (Fsp3) is 0.929. The first-order chi connectivity index (χ1) is 8.18. The predicted molar refractivity (Wildman–Crippen MR) is 69.9 cm³/mol. The lowest BCUT2D eigenvalue weighted by Crippen LogP contribution is -2.48. The van der Waals surface area contributed by atoms with E-state index in [9.17, 15) is 4.79 Å². The third-order valence-corrected chi connectivity index (χ3v) is 4.64. The first-order valence-electron chi connectivity index (χ1n) is 7.16. The Balaban J connectivity index is 1.81. The van der Waals surface area contributed by atoms with Crippen molar-refractivity contribution in [2.45, 2.75) is 64.0 Å². The van der Waals surface area contributed by atoms with E-state index in [1.165, 1.54) is 32.1 Å². The molecule has 0 unspecified atom stereocenters. The normalized spacial score (nSPS) is 24.3. The molecule has 0 spiro atoms. The maximum absolute atomic E-state index is 11.3. The first kappa shape index (κ1) is 12.9. The van der Waals surface area contributed by atoms with Crippen LogP contribution in [0.3, 0.4) is 0 Å². The number of rotatable bonds is 2. The summed E-state index contributed by atoms with van der Waals surface area (Å²) in [5.41, 5.74) is 0. The summed E-state index contributed by atoms with van der Waals surface area (Å²) in [6, 6.07) is 1.51. The molecule has 98 valence electrons. The highest BCUT2D eigenvalue weighted by Crippen LogP contribution is 2.26. The monoisotopic (exact) mass is 238 g/mol. The molecule has 3 heteroatoms. The van der Waals surface area contributed by atoms with Crippen molar-refractivity contribution in [3.05, 3.63) is 0 Å². The Morgan fingerprint density at radius 2 is 1.53 bits per heavy atom. The van der Waals surface area contributed by atoms with E-state index in [1.54, 1.807) is 6.92 Å². The van der Waals surface area contributed by atoms with Crippen molar-refractivity contribution in [2.75, 3.05) is 20.1 Å². The molecule has 0 aromatic heterocycles. The molecule has 1 amide bonds. The van der Waals surface area contributed by atoms with Gasteiger partial charge in [-0.2, -0.15) is 0 Å². The second kappa shape index (κ2) is 5.85. The van der Waals surface area contributed by atoms with E-state index in [2.05, 4.69) is 11.9 Å². The fourth-order valence-corrected chi connectivity index (χ4v) is 3.37. The van der Waals surface area contributed by atoms with Crippen LogP contribution in [0.2, 0.25) is 0 Å². The number of carbonyl (C=O) groups excluding carboxylic acids is 1. The Bertz CT molecular complexity index is 253. The number of nitrogens with zero attached hydrogens (tertiary/aromatic N) is 2. The summed E-state index contributed by atoms with van der Waals surface area (Å²) in [5, 5.41) is 0. The minimum atomic E-state index is 0.240. The Hall–Kier alpha value is -0.570. The lowest BCUT2D eigenvalue weighted by molar-refractivity contribution is -0.130. The van der Waals surface area contributed by atoms with E-state index >= 15 is 0 Å². The highest BCUT2D eigenvalue weighted by Gasteiger charge is 2.28. The summed E-state index contributed by atoms with van der Waals surface area (Å²) in [7, 11) is 2.30. The quantitative estimate of drug-likeness (QED) is 0.737. The van der Waals surface area contributed by atoms with Crippen molar-refractivity contribution < 1.29 is 4.79 Å². The smallest absolute Gasteiger partial charge is 0.219 e. The van der Waals surface area contributed by atoms with Crippen LogP contribution < -0.4 is 0 Å². The molecule has 1 saturated heterocycles. The van der Waals surface area contributed by atoms with E-state index in [4.69, 9.17) is 0 Å². The standard InChI is InChI=1S/C14H26N2O/c1-12(17)16-10-8-14(9-11-16)15(2)13-6-4-3-5-7-13/h13-14H,3-11H2,1-2H3. The third kappa shape index (κ3) is 3.21. The average Bonchev–Trinajstić information content (AvgIpc) is 2.39. The Morgan fingerprint density at radius 3 is 2.06 bits per heavy atom. The zero-order chi connectivity index (χ0) is 12.3. The molecular formula is C14H26N2O. The topological polar surface area (TPSA) is 23.6 Å². The van der Waals surface area contributed by atoms with Gasteiger partial charge in [0, 0.05) is 32.1 Å². The molecule has 0 radical (unpaired) electrons. The number of piperidine rings is 1. The third-order valence-electron chi connectivity index (χ3n) is 4.64. The molecule has 2 aliphatic rings. The number of amides is 1. The van der Waals surface area contributed by atoms with Gasteiger partial charge in [-0.25, -0.2) is 0 Å². The molecule has 0 aromatic carbocycles. The number of carbonyl (C=O) groups is 1. The maximum atomic E-state index is 11.3. The molecule has 1 aliphatic carbocycles. The van der Waals surface area contributed by atoms with Gasteiger partial charge in [0.25, 0.3) is 0 Å². The largest absolute Gasteiger partial charge is 0.343 e. The summed E-state index contributed by atoms with van der Waals surface area (Å²) < 4.78 is 0. The molecule has 0 aromatic rings. The van der Waals surface area contributed by atoms with Crippen molar-refractivity contribution in [2.24, 2.45) is 0 Å². The van der Waals surface area contributed by atoms with Crippen molar-refractivity contribution in [1.29, 1.82) is 0 Å². The molecule has 1 saturated carbocycles. The van der Waals surface area contributed by atoms with E-state index in [0.29, 0.717) is 6.04 Å². The number of hydrogen-bond acceptors (Lipinski definition) is 2. The van der Waals surface area contributed by atoms with Crippen LogP contribution in [0.1, 0.15) is 51.9 Å². The Kier molecular flexibility index (Phi) is 4.43. The van der Waals surface area contributed by atoms with Crippen LogP contribution in [-0.4, -0.2) is 47.9 Å². The molecule has 1 aliphatic heterocycles. The van der Waals surface area contributed by atoms with Crippen molar-refractivity contribution in [3.8, 4) is 0 Å². The van der Waals surface area contributed by atoms with Gasteiger partial charge >= 0.3 is 0 Å². The SMILES string of the molecule is CC(=O)N1CCC(N(C)C2CCCCC2)CC1. The minimum Gasteiger partial charge on any atom is -0.343 e. The van der Waals surface area contributed by atoms with Crippen LogP contribution in [0, 0.1) is 0 Å². The van der Waals surface area contributed by atoms with E-state index in [-0.39, 0.29) is 5.91 Å². The van der Waals surface area contributed by atoms with E-state index < -0.39 is 0 Å². The Morgan fingerprint density at radius 1 is 1.00 bits per heavy atom. The Labute approximate surface area is 105 Å². The van der Waals surface area contributed by atoms with E-state index in [0.717, 1.165) is 32.0 Å². The molecule has 2 fully saturated rings. The van der Waals surface area contributed by atoms with E-state index in [1.807, 2.05) is 4.90 Å². The lowest BCUT2D eigenvalue weighted by atomic mass is 9.92. The van der Waals surface area contributed by atoms with Gasteiger partial charge in [0.05, 0.1) is 0 Å². The summed E-state index contributed by atoms with van der Waals surface area (Å²) >= 11 is 0. The molecule has 2 rings (SSSR count). The van der Waals surface area contributed by atoms with Gasteiger partial charge < -0.3 is 9.80 Å². The molecule has 0 bridgehead atoms. The fourth-order valence-electron chi connectivity index (χ4n) is 3.37. The highest BCUT2D eigenvalue weighted by atomic mass is 16.2. The maximum Gasteiger partial charge on any atom is 0.219 e. The van der Waals surface area contributed by atoms with Gasteiger partial charge in [-0.05, 0) is 32.7 Å². The molecule has 1 heterocycles. The molecule has 0 atom stereocenters. The highest BCUT2D eigenvalue weighted by molar-refractivity contribution is 5.73. The summed E-state index contributed by atoms with van der Waals surface area (Å²) in [5.74, 6) is 0.240. The van der Waals surface area contributed by atoms with Gasteiger partial charge in [-0.3, -0.25) is 4.79 Å². The molecular weight excluding hydrogens is 212 g/mol. The van der Waals surface area contributed by atoms with Gasteiger partial charge in [-0.15, -0.1) is 0 Å². The molecule has 3 nitrogen and oxygen atoms in total. The first-order valence-corrected chi connectivity index (χ1v) is 7.16. The van der Waals surface area contributed by atoms with Gasteiger partial charge in [0.1, 0.15) is 0 Å². The summed E-state index contributed by atoms with van der Waals surface area (Å²) in [4.78, 5) is 15.9. The zero-order valence-electron chi connectivity index (χ0n) is 11.3. The van der Waals surface area contributed by atoms with Crippen LogP contribution in [0.25, 0.3) is 0 Å². The van der Waals surface area contributed by atoms with Crippen LogP contribution in [0.4, 0.5) is 0 Å². The number of likely N-dealkylation sites (tertiary alicyclic amines) is 1. The van der Waals surface area contributed by atoms with Gasteiger partial charge in [-0.1, -0.05) is 19.3 Å².